The lowest BCUT2D eigenvalue weighted by Gasteiger charge is -2.10. The lowest BCUT2D eigenvalue weighted by Crippen LogP contribution is -2.05. The number of nitrogens with one attached hydrogen (secondary N) is 1. The van der Waals surface area contributed by atoms with Crippen molar-refractivity contribution in [1.82, 2.24) is 4.98 Å². The monoisotopic (exact) mass is 266 g/mol. The smallest absolute Gasteiger partial charge is 0.339 e. The van der Waals surface area contributed by atoms with Gasteiger partial charge in [-0.15, -0.1) is 0 Å². The van der Waals surface area contributed by atoms with E-state index in [-0.39, 0.29) is 22.1 Å². The fourth-order valence-corrected chi connectivity index (χ4v) is 1.62. The number of anilines is 2. The van der Waals surface area contributed by atoms with Crippen LogP contribution in [0.2, 0.25) is 5.02 Å². The molecule has 1 aromatic carbocycles. The summed E-state index contributed by atoms with van der Waals surface area (Å²) < 4.78 is 13.5. The summed E-state index contributed by atoms with van der Waals surface area (Å²) in [4.78, 5) is 14.8. The number of hydrogen-bond donors (Lipinski definition) is 2. The van der Waals surface area contributed by atoms with Crippen LogP contribution in [-0.2, 0) is 0 Å². The lowest BCUT2D eigenvalue weighted by atomic mass is 10.2. The molecule has 4 nitrogen and oxygen atoms in total. The normalized spacial score (nSPS) is 10.1. The van der Waals surface area contributed by atoms with E-state index < -0.39 is 11.8 Å². The van der Waals surface area contributed by atoms with Crippen molar-refractivity contribution in [2.24, 2.45) is 0 Å². The highest BCUT2D eigenvalue weighted by Crippen LogP contribution is 2.28. The summed E-state index contributed by atoms with van der Waals surface area (Å²) in [5.74, 6) is -1.69. The Hall–Kier alpha value is -2.14. The molecule has 0 radical (unpaired) electrons. The Morgan fingerprint density at radius 1 is 1.33 bits per heavy atom. The third-order valence-electron chi connectivity index (χ3n) is 2.24. The van der Waals surface area contributed by atoms with Gasteiger partial charge in [0, 0.05) is 6.20 Å². The lowest BCUT2D eigenvalue weighted by molar-refractivity contribution is 0.0697. The fraction of sp³-hybridized carbons (Fsp3) is 0. The number of aromatic nitrogens is 1. The van der Waals surface area contributed by atoms with E-state index in [0.717, 1.165) is 0 Å². The van der Waals surface area contributed by atoms with Crippen molar-refractivity contribution in [3.05, 3.63) is 52.9 Å². The molecule has 0 aliphatic carbocycles. The van der Waals surface area contributed by atoms with Gasteiger partial charge in [-0.25, -0.2) is 14.2 Å². The Balaban J connectivity index is 2.43. The van der Waals surface area contributed by atoms with Crippen molar-refractivity contribution >= 4 is 29.1 Å². The number of carbonyl (C=O) groups is 1. The van der Waals surface area contributed by atoms with E-state index in [0.29, 0.717) is 0 Å². The Morgan fingerprint density at radius 2 is 2.11 bits per heavy atom. The first kappa shape index (κ1) is 12.3. The van der Waals surface area contributed by atoms with Crippen LogP contribution in [0.25, 0.3) is 0 Å². The van der Waals surface area contributed by atoms with E-state index in [2.05, 4.69) is 10.3 Å². The molecule has 0 saturated heterocycles. The van der Waals surface area contributed by atoms with Gasteiger partial charge in [-0.3, -0.25) is 0 Å². The molecule has 92 valence electrons. The van der Waals surface area contributed by atoms with Crippen LogP contribution in [0.1, 0.15) is 10.4 Å². The third-order valence-corrected chi connectivity index (χ3v) is 2.56. The average molecular weight is 267 g/mol. The number of pyridine rings is 1. The number of para-hydroxylation sites is 1. The fourth-order valence-electron chi connectivity index (χ4n) is 1.41. The first-order valence-corrected chi connectivity index (χ1v) is 5.36. The zero-order valence-corrected chi connectivity index (χ0v) is 9.78. The van der Waals surface area contributed by atoms with Gasteiger partial charge in [-0.2, -0.15) is 0 Å². The first-order chi connectivity index (χ1) is 8.59. The van der Waals surface area contributed by atoms with Crippen molar-refractivity contribution in [3.63, 3.8) is 0 Å². The summed E-state index contributed by atoms with van der Waals surface area (Å²) in [5, 5.41) is 11.7. The number of aromatic carboxylic acids is 1. The zero-order chi connectivity index (χ0) is 13.1. The van der Waals surface area contributed by atoms with Crippen LogP contribution in [0.5, 0.6) is 0 Å². The Labute approximate surface area is 107 Å². The molecule has 1 aromatic heterocycles. The molecule has 0 fully saturated rings. The predicted molar refractivity (Wildman–Crippen MR) is 65.9 cm³/mol. The number of carboxylic acid groups (broad SMARTS) is 1. The Bertz CT molecular complexity index is 584. The van der Waals surface area contributed by atoms with Gasteiger partial charge >= 0.3 is 5.97 Å². The van der Waals surface area contributed by atoms with Gasteiger partial charge in [0.2, 0.25) is 0 Å². The molecule has 0 atom stereocenters. The summed E-state index contributed by atoms with van der Waals surface area (Å²) in [5.41, 5.74) is -0.0582. The van der Waals surface area contributed by atoms with Crippen molar-refractivity contribution < 1.29 is 14.3 Å². The van der Waals surface area contributed by atoms with Crippen LogP contribution >= 0.6 is 11.6 Å². The molecule has 0 spiro atoms. The van der Waals surface area contributed by atoms with E-state index >= 15 is 0 Å². The van der Waals surface area contributed by atoms with E-state index in [1.165, 1.54) is 36.5 Å². The second kappa shape index (κ2) is 5.01. The van der Waals surface area contributed by atoms with E-state index in [1.54, 1.807) is 0 Å². The topological polar surface area (TPSA) is 62.2 Å². The summed E-state index contributed by atoms with van der Waals surface area (Å²) in [6, 6.07) is 7.03. The summed E-state index contributed by atoms with van der Waals surface area (Å²) in [7, 11) is 0. The zero-order valence-electron chi connectivity index (χ0n) is 9.02. The van der Waals surface area contributed by atoms with Crippen molar-refractivity contribution in [2.75, 3.05) is 5.32 Å². The molecule has 1 heterocycles. The molecule has 0 bridgehead atoms. The van der Waals surface area contributed by atoms with Crippen molar-refractivity contribution in [1.29, 1.82) is 0 Å². The van der Waals surface area contributed by atoms with Gasteiger partial charge < -0.3 is 10.4 Å². The second-order valence-corrected chi connectivity index (χ2v) is 3.83. The largest absolute Gasteiger partial charge is 0.478 e. The molecule has 0 aliphatic rings. The minimum atomic E-state index is -1.15. The second-order valence-electron chi connectivity index (χ2n) is 3.43. The molecule has 0 aliphatic heterocycles. The molecule has 2 N–H and O–H groups in total. The van der Waals surface area contributed by atoms with Crippen molar-refractivity contribution in [2.45, 2.75) is 0 Å². The van der Waals surface area contributed by atoms with Gasteiger partial charge in [0.25, 0.3) is 0 Å². The Morgan fingerprint density at radius 3 is 2.78 bits per heavy atom. The van der Waals surface area contributed by atoms with E-state index in [4.69, 9.17) is 16.7 Å². The maximum absolute atomic E-state index is 13.5. The van der Waals surface area contributed by atoms with Gasteiger partial charge in [0.05, 0.1) is 10.7 Å². The molecule has 0 unspecified atom stereocenters. The number of carboxylic acids is 1. The summed E-state index contributed by atoms with van der Waals surface area (Å²) in [6.45, 7) is 0. The van der Waals surface area contributed by atoms with E-state index in [9.17, 15) is 9.18 Å². The van der Waals surface area contributed by atoms with Crippen LogP contribution in [0, 0.1) is 5.82 Å². The molecule has 18 heavy (non-hydrogen) atoms. The van der Waals surface area contributed by atoms with Crippen molar-refractivity contribution in [3.8, 4) is 0 Å². The van der Waals surface area contributed by atoms with Crippen LogP contribution < -0.4 is 5.32 Å². The molecule has 0 amide bonds. The molecular weight excluding hydrogens is 259 g/mol. The van der Waals surface area contributed by atoms with Crippen LogP contribution in [0.4, 0.5) is 15.9 Å². The maximum Gasteiger partial charge on any atom is 0.339 e. The highest BCUT2D eigenvalue weighted by molar-refractivity contribution is 6.33. The highest BCUT2D eigenvalue weighted by atomic mass is 35.5. The van der Waals surface area contributed by atoms with Gasteiger partial charge in [-0.1, -0.05) is 17.7 Å². The summed E-state index contributed by atoms with van der Waals surface area (Å²) in [6.07, 6.45) is 1.41. The molecule has 2 aromatic rings. The molecule has 6 heteroatoms. The third kappa shape index (κ3) is 2.41. The van der Waals surface area contributed by atoms with Crippen LogP contribution in [-0.4, -0.2) is 16.1 Å². The summed E-state index contributed by atoms with van der Waals surface area (Å²) >= 11 is 5.83. The standard InChI is InChI=1S/C12H8ClFN2O2/c13-8-4-1-5-9(14)10(8)16-11-7(12(17)18)3-2-6-15-11/h1-6H,(H,15,16)(H,17,18). The minimum absolute atomic E-state index is 0.000340. The average Bonchev–Trinajstić information content (AvgIpc) is 2.34. The van der Waals surface area contributed by atoms with Crippen LogP contribution in [0.3, 0.4) is 0 Å². The SMILES string of the molecule is O=C(O)c1cccnc1Nc1c(F)cccc1Cl. The van der Waals surface area contributed by atoms with Gasteiger partial charge in [-0.05, 0) is 24.3 Å². The first-order valence-electron chi connectivity index (χ1n) is 4.99. The van der Waals surface area contributed by atoms with Crippen LogP contribution in [0.15, 0.2) is 36.5 Å². The number of rotatable bonds is 3. The maximum atomic E-state index is 13.5. The quantitative estimate of drug-likeness (QED) is 0.895. The number of nitrogens with zero attached hydrogens (tertiary/aromatic N) is 1. The van der Waals surface area contributed by atoms with Gasteiger partial charge in [0.15, 0.2) is 0 Å². The van der Waals surface area contributed by atoms with Gasteiger partial charge in [0.1, 0.15) is 17.2 Å². The Kier molecular flexibility index (Phi) is 3.43. The molecular formula is C12H8ClFN2O2. The number of halogens is 2. The minimum Gasteiger partial charge on any atom is -0.478 e. The molecule has 0 saturated carbocycles. The van der Waals surface area contributed by atoms with E-state index in [1.807, 2.05) is 0 Å². The highest BCUT2D eigenvalue weighted by Gasteiger charge is 2.14. The molecule has 2 rings (SSSR count). The number of hydrogen-bond acceptors (Lipinski definition) is 3. The number of benzene rings is 1. The predicted octanol–water partition coefficient (Wildman–Crippen LogP) is 3.32.